The maximum Gasteiger partial charge on any atom is 0.246 e. The summed E-state index contributed by atoms with van der Waals surface area (Å²) in [6.45, 7) is 2.43. The number of amides is 1. The molecule has 1 amide bonds. The summed E-state index contributed by atoms with van der Waals surface area (Å²) >= 11 is 0. The lowest BCUT2D eigenvalue weighted by Crippen LogP contribution is -2.26. The summed E-state index contributed by atoms with van der Waals surface area (Å²) < 4.78 is 5.66. The zero-order valence-electron chi connectivity index (χ0n) is 12.4. The predicted octanol–water partition coefficient (Wildman–Crippen LogP) is 2.85. The van der Waals surface area contributed by atoms with Crippen molar-refractivity contribution in [2.45, 2.75) is 32.2 Å². The van der Waals surface area contributed by atoms with Crippen molar-refractivity contribution < 1.29 is 14.4 Å². The Hall–Kier alpha value is -2.24. The summed E-state index contributed by atoms with van der Waals surface area (Å²) in [7, 11) is 0. The molecular weight excluding hydrogens is 280 g/mol. The van der Waals surface area contributed by atoms with Gasteiger partial charge in [-0.2, -0.15) is 0 Å². The van der Waals surface area contributed by atoms with Gasteiger partial charge in [-0.3, -0.25) is 14.6 Å². The molecule has 1 N–H and O–H groups in total. The minimum atomic E-state index is -0.233. The molecule has 1 aromatic heterocycles. The SMILES string of the molecule is C[C@H](ONC(=O)CC1OCc2ccccc21)c1ccncc1. The van der Waals surface area contributed by atoms with Gasteiger partial charge in [-0.05, 0) is 35.7 Å². The number of rotatable bonds is 5. The summed E-state index contributed by atoms with van der Waals surface area (Å²) in [5, 5.41) is 0. The van der Waals surface area contributed by atoms with Crippen LogP contribution in [0.25, 0.3) is 0 Å². The topological polar surface area (TPSA) is 60.5 Å². The summed E-state index contributed by atoms with van der Waals surface area (Å²) in [6.07, 6.45) is 3.21. The Kier molecular flexibility index (Phi) is 4.46. The van der Waals surface area contributed by atoms with E-state index in [1.54, 1.807) is 12.4 Å². The molecule has 1 aliphatic heterocycles. The molecule has 0 aliphatic carbocycles. The van der Waals surface area contributed by atoms with Crippen LogP contribution in [0.5, 0.6) is 0 Å². The second kappa shape index (κ2) is 6.68. The first-order valence-corrected chi connectivity index (χ1v) is 7.28. The van der Waals surface area contributed by atoms with E-state index in [4.69, 9.17) is 9.57 Å². The monoisotopic (exact) mass is 298 g/mol. The highest BCUT2D eigenvalue weighted by Crippen LogP contribution is 2.32. The molecule has 1 aliphatic rings. The molecule has 0 bridgehead atoms. The Morgan fingerprint density at radius 2 is 2.14 bits per heavy atom. The number of aromatic nitrogens is 1. The first-order valence-electron chi connectivity index (χ1n) is 7.28. The molecule has 2 aromatic rings. The van der Waals surface area contributed by atoms with Crippen LogP contribution >= 0.6 is 0 Å². The average Bonchev–Trinajstić information content (AvgIpc) is 2.97. The molecule has 114 valence electrons. The molecule has 1 unspecified atom stereocenters. The van der Waals surface area contributed by atoms with Crippen molar-refractivity contribution >= 4 is 5.91 Å². The molecule has 0 saturated heterocycles. The number of hydrogen-bond acceptors (Lipinski definition) is 4. The molecule has 1 aromatic carbocycles. The Balaban J connectivity index is 1.51. The number of ether oxygens (including phenoxy) is 1. The van der Waals surface area contributed by atoms with Crippen molar-refractivity contribution in [3.8, 4) is 0 Å². The highest BCUT2D eigenvalue weighted by molar-refractivity contribution is 5.75. The van der Waals surface area contributed by atoms with Crippen molar-refractivity contribution in [1.82, 2.24) is 10.5 Å². The molecule has 5 heteroatoms. The van der Waals surface area contributed by atoms with Crippen LogP contribution in [-0.2, 0) is 21.0 Å². The molecule has 3 rings (SSSR count). The second-order valence-corrected chi connectivity index (χ2v) is 5.27. The summed E-state index contributed by atoms with van der Waals surface area (Å²) in [6, 6.07) is 11.7. The molecule has 0 radical (unpaired) electrons. The van der Waals surface area contributed by atoms with E-state index >= 15 is 0 Å². The van der Waals surface area contributed by atoms with E-state index in [1.165, 1.54) is 0 Å². The Morgan fingerprint density at radius 1 is 1.36 bits per heavy atom. The molecule has 0 fully saturated rings. The van der Waals surface area contributed by atoms with Gasteiger partial charge in [0.25, 0.3) is 0 Å². The fourth-order valence-electron chi connectivity index (χ4n) is 2.50. The van der Waals surface area contributed by atoms with Crippen LogP contribution in [0.15, 0.2) is 48.8 Å². The van der Waals surface area contributed by atoms with Crippen LogP contribution in [-0.4, -0.2) is 10.9 Å². The van der Waals surface area contributed by atoms with Gasteiger partial charge in [0.2, 0.25) is 5.91 Å². The first-order chi connectivity index (χ1) is 10.7. The fraction of sp³-hybridized carbons (Fsp3) is 0.294. The van der Waals surface area contributed by atoms with Crippen molar-refractivity contribution in [2.75, 3.05) is 0 Å². The number of benzene rings is 1. The number of nitrogens with one attached hydrogen (secondary N) is 1. The van der Waals surface area contributed by atoms with Gasteiger partial charge < -0.3 is 4.74 Å². The maximum atomic E-state index is 12.0. The highest BCUT2D eigenvalue weighted by atomic mass is 16.7. The number of fused-ring (bicyclic) bond motifs is 1. The molecule has 2 atom stereocenters. The minimum Gasteiger partial charge on any atom is -0.368 e. The minimum absolute atomic E-state index is 0.192. The number of nitrogens with zero attached hydrogens (tertiary/aromatic N) is 1. The second-order valence-electron chi connectivity index (χ2n) is 5.27. The van der Waals surface area contributed by atoms with Gasteiger partial charge in [0.05, 0.1) is 19.1 Å². The smallest absolute Gasteiger partial charge is 0.246 e. The largest absolute Gasteiger partial charge is 0.368 e. The third kappa shape index (κ3) is 3.32. The lowest BCUT2D eigenvalue weighted by atomic mass is 10.0. The Bertz CT molecular complexity index is 645. The summed E-state index contributed by atoms with van der Waals surface area (Å²) in [5.74, 6) is -0.192. The van der Waals surface area contributed by atoms with Crippen LogP contribution in [0.1, 0.15) is 42.2 Å². The van der Waals surface area contributed by atoms with Crippen LogP contribution < -0.4 is 5.48 Å². The number of pyridine rings is 1. The number of hydroxylamine groups is 1. The molecule has 0 saturated carbocycles. The van der Waals surface area contributed by atoms with E-state index in [-0.39, 0.29) is 24.5 Å². The van der Waals surface area contributed by atoms with Gasteiger partial charge in [-0.1, -0.05) is 24.3 Å². The van der Waals surface area contributed by atoms with Gasteiger partial charge in [0.1, 0.15) is 6.10 Å². The summed E-state index contributed by atoms with van der Waals surface area (Å²) in [5.41, 5.74) is 5.68. The quantitative estimate of drug-likeness (QED) is 0.862. The molecule has 5 nitrogen and oxygen atoms in total. The first kappa shape index (κ1) is 14.7. The molecular formula is C17H18N2O3. The van der Waals surface area contributed by atoms with Crippen LogP contribution in [0.4, 0.5) is 0 Å². The number of carbonyl (C=O) groups excluding carboxylic acids is 1. The third-order valence-corrected chi connectivity index (χ3v) is 3.74. The molecule has 2 heterocycles. The van der Waals surface area contributed by atoms with Gasteiger partial charge in [0.15, 0.2) is 0 Å². The van der Waals surface area contributed by atoms with Gasteiger partial charge in [-0.15, -0.1) is 0 Å². The van der Waals surface area contributed by atoms with E-state index < -0.39 is 0 Å². The van der Waals surface area contributed by atoms with E-state index in [9.17, 15) is 4.79 Å². The van der Waals surface area contributed by atoms with E-state index in [1.807, 2.05) is 43.3 Å². The molecule has 22 heavy (non-hydrogen) atoms. The average molecular weight is 298 g/mol. The number of carbonyl (C=O) groups is 1. The highest BCUT2D eigenvalue weighted by Gasteiger charge is 2.25. The Labute approximate surface area is 129 Å². The van der Waals surface area contributed by atoms with E-state index in [2.05, 4.69) is 10.5 Å². The standard InChI is InChI=1S/C17H18N2O3/c1-12(13-6-8-18-9-7-13)22-19-17(20)10-16-15-5-3-2-4-14(15)11-21-16/h2-9,12,16H,10-11H2,1H3,(H,19,20)/t12-,16?/m0/s1. The van der Waals surface area contributed by atoms with Crippen molar-refractivity contribution in [3.05, 3.63) is 65.5 Å². The zero-order valence-corrected chi connectivity index (χ0v) is 12.4. The van der Waals surface area contributed by atoms with Crippen molar-refractivity contribution in [1.29, 1.82) is 0 Å². The lowest BCUT2D eigenvalue weighted by Gasteiger charge is -2.15. The van der Waals surface area contributed by atoms with Crippen LogP contribution in [0.3, 0.4) is 0 Å². The van der Waals surface area contributed by atoms with Gasteiger partial charge in [0, 0.05) is 12.4 Å². The fourth-order valence-corrected chi connectivity index (χ4v) is 2.50. The van der Waals surface area contributed by atoms with E-state index in [0.717, 1.165) is 16.7 Å². The molecule has 0 spiro atoms. The van der Waals surface area contributed by atoms with Gasteiger partial charge >= 0.3 is 0 Å². The maximum absolute atomic E-state index is 12.0. The van der Waals surface area contributed by atoms with Gasteiger partial charge in [-0.25, -0.2) is 5.48 Å². The Morgan fingerprint density at radius 3 is 2.95 bits per heavy atom. The van der Waals surface area contributed by atoms with E-state index in [0.29, 0.717) is 6.61 Å². The zero-order chi connectivity index (χ0) is 15.4. The lowest BCUT2D eigenvalue weighted by molar-refractivity contribution is -0.140. The third-order valence-electron chi connectivity index (χ3n) is 3.74. The van der Waals surface area contributed by atoms with Crippen molar-refractivity contribution in [2.24, 2.45) is 0 Å². The summed E-state index contributed by atoms with van der Waals surface area (Å²) in [4.78, 5) is 21.4. The normalized spacial score (nSPS) is 17.8. The van der Waals surface area contributed by atoms with Crippen molar-refractivity contribution in [3.63, 3.8) is 0 Å². The number of hydrogen-bond donors (Lipinski definition) is 1. The van der Waals surface area contributed by atoms with Crippen LogP contribution in [0.2, 0.25) is 0 Å². The predicted molar refractivity (Wildman–Crippen MR) is 80.5 cm³/mol. The van der Waals surface area contributed by atoms with Crippen LogP contribution in [0, 0.1) is 0 Å².